The Hall–Kier alpha value is -0.680. The molecule has 0 bridgehead atoms. The molecule has 0 fully saturated rings. The summed E-state index contributed by atoms with van der Waals surface area (Å²) in [6, 6.07) is 1.82. The van der Waals surface area contributed by atoms with Gasteiger partial charge < -0.3 is 4.74 Å². The SMILES string of the molecule is CCOC(=O)CCC(=O)c1sccc1Br. The van der Waals surface area contributed by atoms with Crippen LogP contribution in [0.25, 0.3) is 0 Å². The fourth-order valence-corrected chi connectivity index (χ4v) is 2.62. The average molecular weight is 291 g/mol. The number of rotatable bonds is 5. The lowest BCUT2D eigenvalue weighted by atomic mass is 10.2. The van der Waals surface area contributed by atoms with Crippen LogP contribution in [0.4, 0.5) is 0 Å². The molecule has 0 saturated carbocycles. The number of hydrogen-bond acceptors (Lipinski definition) is 4. The fraction of sp³-hybridized carbons (Fsp3) is 0.400. The number of ether oxygens (including phenoxy) is 1. The lowest BCUT2D eigenvalue weighted by Gasteiger charge is -2.00. The second kappa shape index (κ2) is 6.02. The first kappa shape index (κ1) is 12.4. The van der Waals surface area contributed by atoms with E-state index in [0.29, 0.717) is 11.5 Å². The Morgan fingerprint density at radius 2 is 2.20 bits per heavy atom. The van der Waals surface area contributed by atoms with Gasteiger partial charge in [-0.3, -0.25) is 9.59 Å². The summed E-state index contributed by atoms with van der Waals surface area (Å²) in [7, 11) is 0. The standard InChI is InChI=1S/C10H11BrO3S/c1-2-14-9(13)4-3-8(12)10-7(11)5-6-15-10/h5-6H,2-4H2,1H3. The third kappa shape index (κ3) is 3.76. The van der Waals surface area contributed by atoms with Crippen LogP contribution in [0.2, 0.25) is 0 Å². The molecule has 0 saturated heterocycles. The predicted molar refractivity (Wildman–Crippen MR) is 62.2 cm³/mol. The van der Waals surface area contributed by atoms with E-state index >= 15 is 0 Å². The Kier molecular flexibility index (Phi) is 4.98. The number of Topliss-reactive ketones (excluding diaryl/α,β-unsaturated/α-hetero) is 1. The van der Waals surface area contributed by atoms with Gasteiger partial charge in [0.2, 0.25) is 0 Å². The summed E-state index contributed by atoms with van der Waals surface area (Å²) in [5, 5.41) is 1.84. The minimum absolute atomic E-state index is 0.0232. The molecule has 1 aromatic heterocycles. The van der Waals surface area contributed by atoms with Crippen LogP contribution in [0.1, 0.15) is 29.4 Å². The Labute approximate surface area is 101 Å². The average Bonchev–Trinajstić information content (AvgIpc) is 2.61. The normalized spacial score (nSPS) is 10.0. The monoisotopic (exact) mass is 290 g/mol. The summed E-state index contributed by atoms with van der Waals surface area (Å²) in [5.74, 6) is -0.344. The molecular weight excluding hydrogens is 280 g/mol. The number of carbonyl (C=O) groups is 2. The van der Waals surface area contributed by atoms with E-state index in [4.69, 9.17) is 4.74 Å². The second-order valence-electron chi connectivity index (χ2n) is 2.83. The number of carbonyl (C=O) groups excluding carboxylic acids is 2. The van der Waals surface area contributed by atoms with E-state index < -0.39 is 0 Å². The van der Waals surface area contributed by atoms with Crippen LogP contribution < -0.4 is 0 Å². The lowest BCUT2D eigenvalue weighted by Crippen LogP contribution is -2.07. The molecule has 82 valence electrons. The van der Waals surface area contributed by atoms with Gasteiger partial charge in [0, 0.05) is 10.9 Å². The molecule has 0 aromatic carbocycles. The second-order valence-corrected chi connectivity index (χ2v) is 4.60. The number of esters is 1. The quantitative estimate of drug-likeness (QED) is 0.618. The van der Waals surface area contributed by atoms with Crippen LogP contribution in [0.5, 0.6) is 0 Å². The van der Waals surface area contributed by atoms with Crippen molar-refractivity contribution in [1.82, 2.24) is 0 Å². The van der Waals surface area contributed by atoms with Gasteiger partial charge in [0.25, 0.3) is 0 Å². The maximum absolute atomic E-state index is 11.6. The van der Waals surface area contributed by atoms with Crippen LogP contribution in [0.3, 0.4) is 0 Å². The maximum Gasteiger partial charge on any atom is 0.306 e. The lowest BCUT2D eigenvalue weighted by molar-refractivity contribution is -0.143. The minimum Gasteiger partial charge on any atom is -0.466 e. The Bertz CT molecular complexity index is 359. The minimum atomic E-state index is -0.321. The molecule has 0 atom stereocenters. The van der Waals surface area contributed by atoms with Crippen LogP contribution in [0.15, 0.2) is 15.9 Å². The van der Waals surface area contributed by atoms with Crippen molar-refractivity contribution in [3.63, 3.8) is 0 Å². The molecule has 0 N–H and O–H groups in total. The van der Waals surface area contributed by atoms with Gasteiger partial charge in [-0.25, -0.2) is 0 Å². The van der Waals surface area contributed by atoms with Crippen LogP contribution in [-0.2, 0) is 9.53 Å². The Morgan fingerprint density at radius 3 is 2.73 bits per heavy atom. The topological polar surface area (TPSA) is 43.4 Å². The van der Waals surface area contributed by atoms with Gasteiger partial charge in [0.1, 0.15) is 0 Å². The first-order valence-corrected chi connectivity index (χ1v) is 6.24. The highest BCUT2D eigenvalue weighted by Crippen LogP contribution is 2.24. The van der Waals surface area contributed by atoms with E-state index in [1.54, 1.807) is 6.92 Å². The highest BCUT2D eigenvalue weighted by molar-refractivity contribution is 9.10. The third-order valence-corrected chi connectivity index (χ3v) is 3.61. The highest BCUT2D eigenvalue weighted by Gasteiger charge is 2.13. The summed E-state index contributed by atoms with van der Waals surface area (Å²) in [4.78, 5) is 23.3. The van der Waals surface area contributed by atoms with Crippen LogP contribution >= 0.6 is 27.3 Å². The van der Waals surface area contributed by atoms with E-state index in [9.17, 15) is 9.59 Å². The zero-order valence-corrected chi connectivity index (χ0v) is 10.7. The van der Waals surface area contributed by atoms with Gasteiger partial charge >= 0.3 is 5.97 Å². The highest BCUT2D eigenvalue weighted by atomic mass is 79.9. The zero-order chi connectivity index (χ0) is 11.3. The van der Waals surface area contributed by atoms with Crippen molar-refractivity contribution in [2.45, 2.75) is 19.8 Å². The molecule has 0 amide bonds. The Balaban J connectivity index is 2.44. The van der Waals surface area contributed by atoms with Crippen LogP contribution in [0, 0.1) is 0 Å². The van der Waals surface area contributed by atoms with Crippen molar-refractivity contribution in [2.75, 3.05) is 6.61 Å². The van der Waals surface area contributed by atoms with Crippen molar-refractivity contribution in [3.8, 4) is 0 Å². The molecule has 0 unspecified atom stereocenters. The fourth-order valence-electron chi connectivity index (χ4n) is 1.05. The van der Waals surface area contributed by atoms with Gasteiger partial charge in [-0.05, 0) is 34.3 Å². The number of thiophene rings is 1. The molecule has 0 aliphatic rings. The first-order chi connectivity index (χ1) is 7.15. The molecule has 15 heavy (non-hydrogen) atoms. The van der Waals surface area contributed by atoms with Crippen LogP contribution in [-0.4, -0.2) is 18.4 Å². The maximum atomic E-state index is 11.6. The predicted octanol–water partition coefficient (Wildman–Crippen LogP) is 3.04. The molecule has 0 radical (unpaired) electrons. The third-order valence-electron chi connectivity index (χ3n) is 1.73. The van der Waals surface area contributed by atoms with E-state index in [0.717, 1.165) is 4.47 Å². The summed E-state index contributed by atoms with van der Waals surface area (Å²) in [5.41, 5.74) is 0. The molecule has 0 spiro atoms. The molecule has 1 heterocycles. The zero-order valence-electron chi connectivity index (χ0n) is 8.29. The number of hydrogen-bond donors (Lipinski definition) is 0. The summed E-state index contributed by atoms with van der Waals surface area (Å²) >= 11 is 4.65. The van der Waals surface area contributed by atoms with Gasteiger partial charge in [-0.2, -0.15) is 0 Å². The van der Waals surface area contributed by atoms with Crippen molar-refractivity contribution in [2.24, 2.45) is 0 Å². The summed E-state index contributed by atoms with van der Waals surface area (Å²) < 4.78 is 5.53. The van der Waals surface area contributed by atoms with E-state index in [-0.39, 0.29) is 24.6 Å². The van der Waals surface area contributed by atoms with Crippen molar-refractivity contribution in [3.05, 3.63) is 20.8 Å². The molecule has 3 nitrogen and oxygen atoms in total. The van der Waals surface area contributed by atoms with Crippen molar-refractivity contribution in [1.29, 1.82) is 0 Å². The number of halogens is 1. The molecule has 0 aliphatic carbocycles. The summed E-state index contributed by atoms with van der Waals surface area (Å²) in [6.07, 6.45) is 0.356. The Morgan fingerprint density at radius 1 is 1.47 bits per heavy atom. The molecule has 1 aromatic rings. The van der Waals surface area contributed by atoms with Gasteiger partial charge in [0.15, 0.2) is 5.78 Å². The largest absolute Gasteiger partial charge is 0.466 e. The van der Waals surface area contributed by atoms with Crippen molar-refractivity contribution >= 4 is 39.0 Å². The van der Waals surface area contributed by atoms with E-state index in [2.05, 4.69) is 15.9 Å². The first-order valence-electron chi connectivity index (χ1n) is 4.57. The van der Waals surface area contributed by atoms with E-state index in [1.165, 1.54) is 11.3 Å². The molecule has 1 rings (SSSR count). The van der Waals surface area contributed by atoms with E-state index in [1.807, 2.05) is 11.4 Å². The van der Waals surface area contributed by atoms with Gasteiger partial charge in [-0.15, -0.1) is 11.3 Å². The van der Waals surface area contributed by atoms with Gasteiger partial charge in [-0.1, -0.05) is 0 Å². The molecule has 0 aliphatic heterocycles. The summed E-state index contributed by atoms with van der Waals surface area (Å²) in [6.45, 7) is 2.10. The molecular formula is C10H11BrO3S. The molecule has 5 heteroatoms. The van der Waals surface area contributed by atoms with Gasteiger partial charge in [0.05, 0.1) is 17.9 Å². The number of ketones is 1. The van der Waals surface area contributed by atoms with Crippen molar-refractivity contribution < 1.29 is 14.3 Å². The smallest absolute Gasteiger partial charge is 0.306 e.